The Bertz CT molecular complexity index is 240. The summed E-state index contributed by atoms with van der Waals surface area (Å²) >= 11 is 0. The van der Waals surface area contributed by atoms with E-state index in [9.17, 15) is 8.78 Å². The van der Waals surface area contributed by atoms with Crippen LogP contribution in [0.2, 0.25) is 0 Å². The Morgan fingerprint density at radius 3 is 2.27 bits per heavy atom. The molecule has 0 fully saturated rings. The van der Waals surface area contributed by atoms with Gasteiger partial charge in [0.2, 0.25) is 0 Å². The third-order valence-electron chi connectivity index (χ3n) is 1.56. The van der Waals surface area contributed by atoms with Crippen LogP contribution in [0, 0.1) is 6.92 Å². The monoisotopic (exact) mass is 160 g/mol. The Balaban J connectivity index is 3.08. The van der Waals surface area contributed by atoms with Crippen molar-refractivity contribution in [3.63, 3.8) is 0 Å². The summed E-state index contributed by atoms with van der Waals surface area (Å²) in [7, 11) is 1.69. The summed E-state index contributed by atoms with van der Waals surface area (Å²) < 4.78 is 26.7. The standard InChI is InChI=1S/C7H10F2N2/c1-5-10-6(4-11(5)3)7(2,8)9/h4H,1-3H3. The van der Waals surface area contributed by atoms with Crippen LogP contribution >= 0.6 is 0 Å². The fraction of sp³-hybridized carbons (Fsp3) is 0.571. The summed E-state index contributed by atoms with van der Waals surface area (Å²) in [6, 6.07) is 0. The van der Waals surface area contributed by atoms with Gasteiger partial charge in [-0.15, -0.1) is 0 Å². The van der Waals surface area contributed by atoms with Crippen molar-refractivity contribution in [3.05, 3.63) is 17.7 Å². The van der Waals surface area contributed by atoms with E-state index in [1.54, 1.807) is 18.5 Å². The van der Waals surface area contributed by atoms with Crippen LogP contribution in [0.5, 0.6) is 0 Å². The highest BCUT2D eigenvalue weighted by molar-refractivity contribution is 5.07. The fourth-order valence-corrected chi connectivity index (χ4v) is 0.770. The van der Waals surface area contributed by atoms with E-state index in [-0.39, 0.29) is 5.69 Å². The summed E-state index contributed by atoms with van der Waals surface area (Å²) in [6.45, 7) is 2.53. The van der Waals surface area contributed by atoms with Gasteiger partial charge in [0.25, 0.3) is 5.92 Å². The van der Waals surface area contributed by atoms with E-state index < -0.39 is 5.92 Å². The molecule has 62 valence electrons. The normalized spacial score (nSPS) is 12.1. The number of hydrogen-bond donors (Lipinski definition) is 0. The van der Waals surface area contributed by atoms with E-state index in [0.29, 0.717) is 5.82 Å². The van der Waals surface area contributed by atoms with E-state index in [1.807, 2.05) is 0 Å². The van der Waals surface area contributed by atoms with Crippen molar-refractivity contribution in [2.75, 3.05) is 0 Å². The van der Waals surface area contributed by atoms with Gasteiger partial charge in [-0.3, -0.25) is 0 Å². The first-order valence-corrected chi connectivity index (χ1v) is 3.29. The summed E-state index contributed by atoms with van der Waals surface area (Å²) in [4.78, 5) is 3.69. The van der Waals surface area contributed by atoms with Gasteiger partial charge < -0.3 is 4.57 Å². The van der Waals surface area contributed by atoms with Gasteiger partial charge in [0.1, 0.15) is 11.5 Å². The molecular weight excluding hydrogens is 150 g/mol. The SMILES string of the molecule is Cc1nc(C(C)(F)F)cn1C. The highest BCUT2D eigenvalue weighted by Gasteiger charge is 2.27. The Morgan fingerprint density at radius 1 is 1.55 bits per heavy atom. The number of halogens is 2. The van der Waals surface area contributed by atoms with E-state index >= 15 is 0 Å². The number of aryl methyl sites for hydroxylation is 2. The highest BCUT2D eigenvalue weighted by atomic mass is 19.3. The number of rotatable bonds is 1. The lowest BCUT2D eigenvalue weighted by atomic mass is 10.3. The van der Waals surface area contributed by atoms with Gasteiger partial charge in [0.05, 0.1) is 0 Å². The minimum Gasteiger partial charge on any atom is -0.338 e. The van der Waals surface area contributed by atoms with Gasteiger partial charge in [-0.2, -0.15) is 8.78 Å². The van der Waals surface area contributed by atoms with Crippen LogP contribution in [0.25, 0.3) is 0 Å². The first kappa shape index (κ1) is 8.17. The van der Waals surface area contributed by atoms with Crippen LogP contribution in [0.3, 0.4) is 0 Å². The smallest absolute Gasteiger partial charge is 0.288 e. The number of hydrogen-bond acceptors (Lipinski definition) is 1. The van der Waals surface area contributed by atoms with Crippen LogP contribution in [0.1, 0.15) is 18.4 Å². The molecule has 0 N–H and O–H groups in total. The number of nitrogens with zero attached hydrogens (tertiary/aromatic N) is 2. The molecule has 1 rings (SSSR count). The molecule has 1 heterocycles. The molecule has 0 radical (unpaired) electrons. The third kappa shape index (κ3) is 1.56. The Morgan fingerprint density at radius 2 is 2.09 bits per heavy atom. The van der Waals surface area contributed by atoms with E-state index in [1.165, 1.54) is 6.20 Å². The molecule has 0 atom stereocenters. The highest BCUT2D eigenvalue weighted by Crippen LogP contribution is 2.25. The van der Waals surface area contributed by atoms with Crippen LogP contribution in [-0.4, -0.2) is 9.55 Å². The van der Waals surface area contributed by atoms with Crippen LogP contribution in [0.15, 0.2) is 6.20 Å². The average molecular weight is 160 g/mol. The molecule has 0 aliphatic heterocycles. The minimum absolute atomic E-state index is 0.169. The van der Waals surface area contributed by atoms with Crippen LogP contribution in [0.4, 0.5) is 8.78 Å². The predicted octanol–water partition coefficient (Wildman–Crippen LogP) is 1.84. The predicted molar refractivity (Wildman–Crippen MR) is 37.5 cm³/mol. The molecule has 0 aliphatic carbocycles. The molecule has 0 aromatic carbocycles. The van der Waals surface area contributed by atoms with Crippen molar-refractivity contribution in [1.82, 2.24) is 9.55 Å². The van der Waals surface area contributed by atoms with Gasteiger partial charge in [0, 0.05) is 20.2 Å². The van der Waals surface area contributed by atoms with Crippen molar-refractivity contribution in [2.45, 2.75) is 19.8 Å². The molecule has 0 bridgehead atoms. The number of alkyl halides is 2. The van der Waals surface area contributed by atoms with Crippen molar-refractivity contribution in [3.8, 4) is 0 Å². The second-order valence-corrected chi connectivity index (χ2v) is 2.67. The molecule has 0 spiro atoms. The summed E-state index contributed by atoms with van der Waals surface area (Å²) in [5.41, 5.74) is -0.169. The van der Waals surface area contributed by atoms with Crippen molar-refractivity contribution in [1.29, 1.82) is 0 Å². The van der Waals surface area contributed by atoms with Gasteiger partial charge in [-0.25, -0.2) is 4.98 Å². The molecule has 1 aromatic rings. The van der Waals surface area contributed by atoms with Crippen molar-refractivity contribution in [2.24, 2.45) is 7.05 Å². The average Bonchev–Trinajstić information content (AvgIpc) is 2.11. The lowest BCUT2D eigenvalue weighted by Gasteiger charge is -2.03. The maximum atomic E-state index is 12.6. The molecule has 0 aliphatic rings. The topological polar surface area (TPSA) is 17.8 Å². The summed E-state index contributed by atoms with van der Waals surface area (Å²) in [5, 5.41) is 0. The summed E-state index contributed by atoms with van der Waals surface area (Å²) in [6.07, 6.45) is 1.34. The molecule has 4 heteroatoms. The van der Waals surface area contributed by atoms with Gasteiger partial charge in [-0.05, 0) is 6.92 Å². The van der Waals surface area contributed by atoms with E-state index in [2.05, 4.69) is 4.98 Å². The number of aromatic nitrogens is 2. The molecule has 0 saturated heterocycles. The molecule has 0 saturated carbocycles. The second-order valence-electron chi connectivity index (χ2n) is 2.67. The maximum Gasteiger partial charge on any atom is 0.288 e. The zero-order valence-electron chi connectivity index (χ0n) is 6.73. The van der Waals surface area contributed by atoms with E-state index in [4.69, 9.17) is 0 Å². The van der Waals surface area contributed by atoms with Crippen molar-refractivity contribution < 1.29 is 8.78 Å². The molecule has 11 heavy (non-hydrogen) atoms. The Hall–Kier alpha value is -0.930. The second kappa shape index (κ2) is 2.29. The Kier molecular flexibility index (Phi) is 1.70. The molecule has 2 nitrogen and oxygen atoms in total. The maximum absolute atomic E-state index is 12.6. The first-order valence-electron chi connectivity index (χ1n) is 3.29. The lowest BCUT2D eigenvalue weighted by Crippen LogP contribution is -2.07. The van der Waals surface area contributed by atoms with Crippen molar-refractivity contribution >= 4 is 0 Å². The molecule has 0 unspecified atom stereocenters. The van der Waals surface area contributed by atoms with Gasteiger partial charge in [0.15, 0.2) is 0 Å². The quantitative estimate of drug-likeness (QED) is 0.613. The van der Waals surface area contributed by atoms with Gasteiger partial charge in [-0.1, -0.05) is 0 Å². The van der Waals surface area contributed by atoms with Crippen LogP contribution in [-0.2, 0) is 13.0 Å². The lowest BCUT2D eigenvalue weighted by molar-refractivity contribution is 0.0130. The molecule has 0 amide bonds. The summed E-state index contributed by atoms with van der Waals surface area (Å²) in [5.74, 6) is -2.23. The Labute approximate surface area is 63.9 Å². The fourth-order valence-electron chi connectivity index (χ4n) is 0.770. The van der Waals surface area contributed by atoms with Gasteiger partial charge >= 0.3 is 0 Å². The zero-order valence-corrected chi connectivity index (χ0v) is 6.73. The number of imidazole rings is 1. The zero-order chi connectivity index (χ0) is 8.65. The van der Waals surface area contributed by atoms with E-state index in [0.717, 1.165) is 6.92 Å². The first-order chi connectivity index (χ1) is 4.91. The largest absolute Gasteiger partial charge is 0.338 e. The minimum atomic E-state index is -2.83. The molecular formula is C7H10F2N2. The molecule has 1 aromatic heterocycles. The van der Waals surface area contributed by atoms with Crippen LogP contribution < -0.4 is 0 Å². The third-order valence-corrected chi connectivity index (χ3v) is 1.56.